The second-order valence-electron chi connectivity index (χ2n) is 6.46. The second kappa shape index (κ2) is 11.5. The first-order chi connectivity index (χ1) is 14.8. The van der Waals surface area contributed by atoms with Crippen molar-refractivity contribution in [2.75, 3.05) is 20.4 Å². The van der Waals surface area contributed by atoms with Crippen LogP contribution in [0.5, 0.6) is 5.75 Å². The number of carbonyl (C=O) groups is 1. The van der Waals surface area contributed by atoms with Crippen molar-refractivity contribution in [3.63, 3.8) is 0 Å². The molecule has 0 radical (unpaired) electrons. The van der Waals surface area contributed by atoms with Crippen molar-refractivity contribution in [2.45, 2.75) is 12.5 Å². The van der Waals surface area contributed by atoms with Gasteiger partial charge in [-0.05, 0) is 34.9 Å². The largest absolute Gasteiger partial charge is 0.468 e. The molecule has 156 valence electrons. The van der Waals surface area contributed by atoms with Crippen molar-refractivity contribution >= 4 is 6.09 Å². The Morgan fingerprint density at radius 3 is 2.50 bits per heavy atom. The summed E-state index contributed by atoms with van der Waals surface area (Å²) in [5.41, 5.74) is 2.88. The Bertz CT molecular complexity index is 888. The third-order valence-electron chi connectivity index (χ3n) is 4.37. The number of amides is 1. The molecule has 2 aromatic carbocycles. The lowest BCUT2D eigenvalue weighted by Crippen LogP contribution is -2.29. The number of nitrogens with zero attached hydrogens (tertiary/aromatic N) is 1. The minimum absolute atomic E-state index is 0.114. The summed E-state index contributed by atoms with van der Waals surface area (Å²) in [6.45, 7) is 0.683. The van der Waals surface area contributed by atoms with Gasteiger partial charge in [0.05, 0.1) is 0 Å². The molecule has 7 nitrogen and oxygen atoms in total. The van der Waals surface area contributed by atoms with Crippen molar-refractivity contribution < 1.29 is 24.0 Å². The van der Waals surface area contributed by atoms with E-state index in [0.717, 1.165) is 16.7 Å². The zero-order valence-corrected chi connectivity index (χ0v) is 16.7. The van der Waals surface area contributed by atoms with Crippen LogP contribution in [-0.2, 0) is 21.1 Å². The van der Waals surface area contributed by atoms with Gasteiger partial charge in [0.1, 0.15) is 12.4 Å². The van der Waals surface area contributed by atoms with E-state index in [4.69, 9.17) is 19.2 Å². The maximum atomic E-state index is 12.1. The summed E-state index contributed by atoms with van der Waals surface area (Å²) in [4.78, 5) is 26.1. The number of aromatic nitrogens is 1. The van der Waals surface area contributed by atoms with Gasteiger partial charge in [-0.1, -0.05) is 48.5 Å². The standard InChI is InChI=1S/C23H24N2O5/c1-27-17-28-21-11-9-19(10-12-21)22(20-8-5-13-24-14-20)15-25-23(26)30-29-16-18-6-3-2-4-7-18/h2-14,22H,15-17H2,1H3,(H,25,26). The quantitative estimate of drug-likeness (QED) is 0.310. The van der Waals surface area contributed by atoms with Crippen LogP contribution in [0.3, 0.4) is 0 Å². The zero-order valence-electron chi connectivity index (χ0n) is 16.7. The number of carbonyl (C=O) groups excluding carboxylic acids is 1. The topological polar surface area (TPSA) is 78.9 Å². The maximum absolute atomic E-state index is 12.1. The first-order valence-electron chi connectivity index (χ1n) is 9.49. The van der Waals surface area contributed by atoms with Gasteiger partial charge in [-0.3, -0.25) is 9.87 Å². The average molecular weight is 408 g/mol. The van der Waals surface area contributed by atoms with Gasteiger partial charge in [-0.2, -0.15) is 4.89 Å². The summed E-state index contributed by atoms with van der Waals surface area (Å²) < 4.78 is 10.3. The molecule has 3 aromatic rings. The fourth-order valence-electron chi connectivity index (χ4n) is 2.87. The van der Waals surface area contributed by atoms with Crippen LogP contribution >= 0.6 is 0 Å². The highest BCUT2D eigenvalue weighted by Gasteiger charge is 2.17. The predicted octanol–water partition coefficient (Wildman–Crippen LogP) is 4.05. The second-order valence-corrected chi connectivity index (χ2v) is 6.46. The molecule has 0 saturated carbocycles. The highest BCUT2D eigenvalue weighted by molar-refractivity contribution is 5.66. The Hall–Kier alpha value is -3.42. The molecule has 1 N–H and O–H groups in total. The number of methoxy groups -OCH3 is 1. The SMILES string of the molecule is COCOc1ccc(C(CNC(=O)OOCc2ccccc2)c2cccnc2)cc1. The molecule has 0 aliphatic heterocycles. The molecule has 0 spiro atoms. The smallest absolute Gasteiger partial charge is 0.438 e. The van der Waals surface area contributed by atoms with Crippen LogP contribution in [0.4, 0.5) is 4.79 Å². The van der Waals surface area contributed by atoms with Gasteiger partial charge in [0.15, 0.2) is 6.79 Å². The molecule has 1 aromatic heterocycles. The summed E-state index contributed by atoms with van der Waals surface area (Å²) in [6.07, 6.45) is 2.83. The molecule has 7 heteroatoms. The summed E-state index contributed by atoms with van der Waals surface area (Å²) in [5.74, 6) is 0.587. The Morgan fingerprint density at radius 2 is 1.80 bits per heavy atom. The first-order valence-corrected chi connectivity index (χ1v) is 9.49. The molecule has 1 heterocycles. The Morgan fingerprint density at radius 1 is 1.00 bits per heavy atom. The van der Waals surface area contributed by atoms with E-state index >= 15 is 0 Å². The van der Waals surface area contributed by atoms with Gasteiger partial charge in [-0.25, -0.2) is 4.79 Å². The van der Waals surface area contributed by atoms with E-state index < -0.39 is 6.09 Å². The van der Waals surface area contributed by atoms with Crippen LogP contribution in [0.25, 0.3) is 0 Å². The molecule has 0 aliphatic carbocycles. The monoisotopic (exact) mass is 408 g/mol. The fourth-order valence-corrected chi connectivity index (χ4v) is 2.87. The molecular weight excluding hydrogens is 384 g/mol. The van der Waals surface area contributed by atoms with Crippen LogP contribution in [0.2, 0.25) is 0 Å². The van der Waals surface area contributed by atoms with Gasteiger partial charge in [0.2, 0.25) is 0 Å². The number of nitrogens with one attached hydrogen (secondary N) is 1. The Labute approximate surface area is 175 Å². The van der Waals surface area contributed by atoms with E-state index in [9.17, 15) is 4.79 Å². The van der Waals surface area contributed by atoms with Gasteiger partial charge < -0.3 is 14.8 Å². The minimum Gasteiger partial charge on any atom is -0.468 e. The lowest BCUT2D eigenvalue weighted by atomic mass is 9.92. The van der Waals surface area contributed by atoms with Crippen LogP contribution in [-0.4, -0.2) is 31.5 Å². The van der Waals surface area contributed by atoms with Gasteiger partial charge in [0.25, 0.3) is 0 Å². The van der Waals surface area contributed by atoms with E-state index in [1.165, 1.54) is 0 Å². The highest BCUT2D eigenvalue weighted by Crippen LogP contribution is 2.25. The number of hydrogen-bond acceptors (Lipinski definition) is 6. The molecule has 1 atom stereocenters. The summed E-state index contributed by atoms with van der Waals surface area (Å²) in [5, 5.41) is 2.75. The van der Waals surface area contributed by atoms with Crippen molar-refractivity contribution in [3.8, 4) is 5.75 Å². The average Bonchev–Trinajstić information content (AvgIpc) is 2.80. The minimum atomic E-state index is -0.653. The lowest BCUT2D eigenvalue weighted by molar-refractivity contribution is -0.248. The molecule has 0 aliphatic rings. The number of benzene rings is 2. The Balaban J connectivity index is 1.58. The van der Waals surface area contributed by atoms with E-state index in [2.05, 4.69) is 10.3 Å². The number of rotatable bonds is 10. The van der Waals surface area contributed by atoms with Crippen molar-refractivity contribution in [2.24, 2.45) is 0 Å². The van der Waals surface area contributed by atoms with Gasteiger partial charge in [0, 0.05) is 32.0 Å². The molecule has 1 unspecified atom stereocenters. The van der Waals surface area contributed by atoms with Crippen molar-refractivity contribution in [1.29, 1.82) is 0 Å². The summed E-state index contributed by atoms with van der Waals surface area (Å²) >= 11 is 0. The molecular formula is C23H24N2O5. The number of pyridine rings is 1. The first kappa shape index (κ1) is 21.3. The predicted molar refractivity (Wildman–Crippen MR) is 111 cm³/mol. The van der Waals surface area contributed by atoms with E-state index in [-0.39, 0.29) is 19.3 Å². The normalized spacial score (nSPS) is 11.5. The number of ether oxygens (including phenoxy) is 2. The Kier molecular flexibility index (Phi) is 8.20. The number of hydrogen-bond donors (Lipinski definition) is 1. The lowest BCUT2D eigenvalue weighted by Gasteiger charge is -2.18. The van der Waals surface area contributed by atoms with Crippen LogP contribution in [0, 0.1) is 0 Å². The van der Waals surface area contributed by atoms with Gasteiger partial charge >= 0.3 is 6.09 Å². The molecule has 0 bridgehead atoms. The molecule has 3 rings (SSSR count). The third-order valence-corrected chi connectivity index (χ3v) is 4.37. The van der Waals surface area contributed by atoms with E-state index in [1.807, 2.05) is 66.7 Å². The zero-order chi connectivity index (χ0) is 21.0. The fraction of sp³-hybridized carbons (Fsp3) is 0.217. The third kappa shape index (κ3) is 6.58. The van der Waals surface area contributed by atoms with Crippen molar-refractivity contribution in [3.05, 3.63) is 95.8 Å². The van der Waals surface area contributed by atoms with Gasteiger partial charge in [-0.15, -0.1) is 0 Å². The van der Waals surface area contributed by atoms with Crippen molar-refractivity contribution in [1.82, 2.24) is 10.3 Å². The van der Waals surface area contributed by atoms with Crippen LogP contribution in [0.15, 0.2) is 79.1 Å². The highest BCUT2D eigenvalue weighted by atomic mass is 17.2. The van der Waals surface area contributed by atoms with Crippen LogP contribution < -0.4 is 10.1 Å². The maximum Gasteiger partial charge on any atom is 0.438 e. The van der Waals surface area contributed by atoms with E-state index in [1.54, 1.807) is 19.5 Å². The van der Waals surface area contributed by atoms with E-state index in [0.29, 0.717) is 12.3 Å². The molecule has 1 amide bonds. The molecule has 0 saturated heterocycles. The summed E-state index contributed by atoms with van der Waals surface area (Å²) in [7, 11) is 1.57. The molecule has 0 fully saturated rings. The molecule has 30 heavy (non-hydrogen) atoms. The van der Waals surface area contributed by atoms with Crippen LogP contribution in [0.1, 0.15) is 22.6 Å². The summed E-state index contributed by atoms with van der Waals surface area (Å²) in [6, 6.07) is 20.9.